The Kier molecular flexibility index (Phi) is 5.04. The minimum Gasteiger partial charge on any atom is -0.274 e. The highest BCUT2D eigenvalue weighted by atomic mass is 32.2. The summed E-state index contributed by atoms with van der Waals surface area (Å²) in [6, 6.07) is 0.885. The van der Waals surface area contributed by atoms with Gasteiger partial charge in [-0.15, -0.1) is 0 Å². The number of halogens is 3. The number of aromatic nitrogens is 4. The van der Waals surface area contributed by atoms with Crippen LogP contribution in [0, 0.1) is 12.8 Å². The Hall–Kier alpha value is -1.88. The number of aryl methyl sites for hydroxylation is 2. The van der Waals surface area contributed by atoms with Crippen LogP contribution in [-0.4, -0.2) is 34.5 Å². The van der Waals surface area contributed by atoms with E-state index in [4.69, 9.17) is 0 Å². The molecule has 0 aromatic carbocycles. The van der Waals surface area contributed by atoms with Gasteiger partial charge in [-0.2, -0.15) is 23.4 Å². The number of sulfonamides is 1. The Morgan fingerprint density at radius 1 is 1.33 bits per heavy atom. The van der Waals surface area contributed by atoms with Crippen molar-refractivity contribution in [1.82, 2.24) is 24.3 Å². The molecule has 2 aromatic rings. The van der Waals surface area contributed by atoms with Crippen molar-refractivity contribution in [1.29, 1.82) is 0 Å². The molecule has 0 saturated heterocycles. The van der Waals surface area contributed by atoms with Gasteiger partial charge >= 0.3 is 6.18 Å². The second kappa shape index (κ2) is 6.55. The van der Waals surface area contributed by atoms with Crippen molar-refractivity contribution in [3.8, 4) is 0 Å². The maximum Gasteiger partial charge on any atom is 0.435 e. The number of rotatable bonds is 6. The molecule has 24 heavy (non-hydrogen) atoms. The molecular formula is C13H18F3N5O2S. The third kappa shape index (κ3) is 4.35. The Morgan fingerprint density at radius 2 is 2.00 bits per heavy atom. The lowest BCUT2D eigenvalue weighted by Crippen LogP contribution is -2.30. The molecule has 7 nitrogen and oxygen atoms in total. The highest BCUT2D eigenvalue weighted by Crippen LogP contribution is 2.27. The van der Waals surface area contributed by atoms with Crippen LogP contribution >= 0.6 is 0 Å². The molecule has 0 aliphatic rings. The molecule has 2 aromatic heterocycles. The highest BCUT2D eigenvalue weighted by Gasteiger charge is 2.33. The van der Waals surface area contributed by atoms with Crippen LogP contribution in [0.5, 0.6) is 0 Å². The second-order valence-electron chi connectivity index (χ2n) is 5.63. The highest BCUT2D eigenvalue weighted by molar-refractivity contribution is 7.89. The minimum absolute atomic E-state index is 0.0673. The van der Waals surface area contributed by atoms with Gasteiger partial charge < -0.3 is 0 Å². The Balaban J connectivity index is 1.97. The van der Waals surface area contributed by atoms with E-state index in [-0.39, 0.29) is 23.9 Å². The normalized spacial score (nSPS) is 14.1. The molecule has 0 saturated carbocycles. The van der Waals surface area contributed by atoms with Crippen molar-refractivity contribution < 1.29 is 21.6 Å². The maximum atomic E-state index is 12.5. The molecule has 2 rings (SSSR count). The van der Waals surface area contributed by atoms with Crippen LogP contribution in [0.2, 0.25) is 0 Å². The van der Waals surface area contributed by atoms with E-state index in [0.717, 1.165) is 10.7 Å². The first-order valence-electron chi connectivity index (χ1n) is 7.09. The summed E-state index contributed by atoms with van der Waals surface area (Å²) >= 11 is 0. The minimum atomic E-state index is -4.49. The SMILES string of the molecule is Cc1nn(C)cc1S(=O)(=O)NC[C@@H](C)Cn1ccc(C(F)(F)F)n1. The zero-order valence-corrected chi connectivity index (χ0v) is 14.2. The van der Waals surface area contributed by atoms with Crippen LogP contribution in [0.1, 0.15) is 18.3 Å². The smallest absolute Gasteiger partial charge is 0.274 e. The van der Waals surface area contributed by atoms with E-state index < -0.39 is 21.9 Å². The zero-order valence-electron chi connectivity index (χ0n) is 13.4. The Labute approximate surface area is 137 Å². The number of nitrogens with zero attached hydrogens (tertiary/aromatic N) is 4. The van der Waals surface area contributed by atoms with Gasteiger partial charge in [-0.3, -0.25) is 9.36 Å². The van der Waals surface area contributed by atoms with Gasteiger partial charge in [0.2, 0.25) is 10.0 Å². The predicted octanol–water partition coefficient (Wildman–Crippen LogP) is 1.56. The molecule has 0 radical (unpaired) electrons. The molecular weight excluding hydrogens is 347 g/mol. The first kappa shape index (κ1) is 18.5. The lowest BCUT2D eigenvalue weighted by molar-refractivity contribution is -0.141. The topological polar surface area (TPSA) is 81.8 Å². The second-order valence-corrected chi connectivity index (χ2v) is 7.37. The standard InChI is InChI=1S/C13H18F3N5O2S/c1-9(7-21-5-4-12(19-21)13(14,15)16)6-17-24(22,23)11-8-20(3)18-10(11)2/h4-5,8-9,17H,6-7H2,1-3H3/t9-/m1/s1. The van der Waals surface area contributed by atoms with Crippen molar-refractivity contribution in [2.75, 3.05) is 6.54 Å². The molecule has 0 spiro atoms. The van der Waals surface area contributed by atoms with Gasteiger partial charge in [0, 0.05) is 32.5 Å². The van der Waals surface area contributed by atoms with E-state index in [9.17, 15) is 21.6 Å². The van der Waals surface area contributed by atoms with E-state index in [2.05, 4.69) is 14.9 Å². The third-order valence-electron chi connectivity index (χ3n) is 3.31. The summed E-state index contributed by atoms with van der Waals surface area (Å²) in [6.45, 7) is 3.52. The van der Waals surface area contributed by atoms with Gasteiger partial charge in [-0.05, 0) is 18.9 Å². The maximum absolute atomic E-state index is 12.5. The first-order valence-corrected chi connectivity index (χ1v) is 8.58. The van der Waals surface area contributed by atoms with Gasteiger partial charge in [0.1, 0.15) is 4.90 Å². The molecule has 2 heterocycles. The largest absolute Gasteiger partial charge is 0.435 e. The molecule has 0 unspecified atom stereocenters. The summed E-state index contributed by atoms with van der Waals surface area (Å²) in [5.41, 5.74) is -0.596. The van der Waals surface area contributed by atoms with E-state index in [1.165, 1.54) is 17.1 Å². The summed E-state index contributed by atoms with van der Waals surface area (Å²) < 4.78 is 66.9. The predicted molar refractivity (Wildman–Crippen MR) is 79.5 cm³/mol. The lowest BCUT2D eigenvalue weighted by Gasteiger charge is -2.13. The van der Waals surface area contributed by atoms with Crippen molar-refractivity contribution in [2.24, 2.45) is 13.0 Å². The van der Waals surface area contributed by atoms with Gasteiger partial charge in [0.15, 0.2) is 5.69 Å². The number of alkyl halides is 3. The van der Waals surface area contributed by atoms with Gasteiger partial charge in [0.25, 0.3) is 0 Å². The lowest BCUT2D eigenvalue weighted by atomic mass is 10.2. The van der Waals surface area contributed by atoms with E-state index >= 15 is 0 Å². The molecule has 1 atom stereocenters. The van der Waals surface area contributed by atoms with Crippen molar-refractivity contribution in [2.45, 2.75) is 31.5 Å². The van der Waals surface area contributed by atoms with Gasteiger partial charge in [-0.1, -0.05) is 6.92 Å². The van der Waals surface area contributed by atoms with Gasteiger partial charge in [0.05, 0.1) is 5.69 Å². The first-order chi connectivity index (χ1) is 11.0. The van der Waals surface area contributed by atoms with E-state index in [1.54, 1.807) is 20.9 Å². The number of hydrogen-bond acceptors (Lipinski definition) is 4. The van der Waals surface area contributed by atoms with E-state index in [0.29, 0.717) is 5.69 Å². The molecule has 1 N–H and O–H groups in total. The monoisotopic (exact) mass is 365 g/mol. The van der Waals surface area contributed by atoms with Crippen LogP contribution in [0.25, 0.3) is 0 Å². The van der Waals surface area contributed by atoms with Crippen molar-refractivity contribution in [3.05, 3.63) is 29.8 Å². The van der Waals surface area contributed by atoms with Crippen LogP contribution in [-0.2, 0) is 29.8 Å². The molecule has 11 heteroatoms. The summed E-state index contributed by atoms with van der Waals surface area (Å²) in [7, 11) is -2.10. The third-order valence-corrected chi connectivity index (χ3v) is 4.84. The van der Waals surface area contributed by atoms with E-state index in [1.807, 2.05) is 0 Å². The van der Waals surface area contributed by atoms with Crippen molar-refractivity contribution >= 4 is 10.0 Å². The molecule has 0 bridgehead atoms. The Morgan fingerprint density at radius 3 is 2.50 bits per heavy atom. The molecule has 0 amide bonds. The molecule has 0 aliphatic carbocycles. The Bertz CT molecular complexity index is 810. The fourth-order valence-electron chi connectivity index (χ4n) is 2.17. The number of nitrogens with one attached hydrogen (secondary N) is 1. The molecule has 0 fully saturated rings. The summed E-state index contributed by atoms with van der Waals surface area (Å²) in [5, 5.41) is 7.42. The zero-order chi connectivity index (χ0) is 18.1. The average Bonchev–Trinajstić information content (AvgIpc) is 3.03. The number of hydrogen-bond donors (Lipinski definition) is 1. The van der Waals surface area contributed by atoms with Crippen molar-refractivity contribution in [3.63, 3.8) is 0 Å². The van der Waals surface area contributed by atoms with Crippen LogP contribution < -0.4 is 4.72 Å². The fraction of sp³-hybridized carbons (Fsp3) is 0.538. The quantitative estimate of drug-likeness (QED) is 0.842. The van der Waals surface area contributed by atoms with Crippen LogP contribution in [0.3, 0.4) is 0 Å². The molecule has 134 valence electrons. The van der Waals surface area contributed by atoms with Gasteiger partial charge in [-0.25, -0.2) is 13.1 Å². The fourth-order valence-corrected chi connectivity index (χ4v) is 3.55. The summed E-state index contributed by atoms with van der Waals surface area (Å²) in [5.74, 6) is -0.252. The summed E-state index contributed by atoms with van der Waals surface area (Å²) in [4.78, 5) is 0.0793. The molecule has 0 aliphatic heterocycles. The van der Waals surface area contributed by atoms with Crippen LogP contribution in [0.4, 0.5) is 13.2 Å². The average molecular weight is 365 g/mol. The summed E-state index contributed by atoms with van der Waals surface area (Å²) in [6.07, 6.45) is -1.88. The van der Waals surface area contributed by atoms with Crippen LogP contribution in [0.15, 0.2) is 23.4 Å².